The monoisotopic (exact) mass is 507 g/mol. The number of aliphatic carboxylic acids is 1. The van der Waals surface area contributed by atoms with Crippen molar-refractivity contribution in [3.05, 3.63) is 61.2 Å². The molecule has 0 radical (unpaired) electrons. The van der Waals surface area contributed by atoms with Crippen LogP contribution in [0.2, 0.25) is 0 Å². The van der Waals surface area contributed by atoms with Crippen molar-refractivity contribution in [3.63, 3.8) is 0 Å². The number of aryl methyl sites for hydroxylation is 1. The topological polar surface area (TPSA) is 88.8 Å². The average Bonchev–Trinajstić information content (AvgIpc) is 2.99. The molecule has 3 aromatic rings. The summed E-state index contributed by atoms with van der Waals surface area (Å²) in [7, 11) is 0. The summed E-state index contributed by atoms with van der Waals surface area (Å²) >= 11 is 4.84. The first kappa shape index (κ1) is 23.5. The molecule has 1 atom stereocenters. The van der Waals surface area contributed by atoms with E-state index in [0.717, 1.165) is 14.9 Å². The molecule has 3 rings (SSSR count). The number of carboxylic acids is 1. The van der Waals surface area contributed by atoms with E-state index < -0.39 is 23.0 Å². The van der Waals surface area contributed by atoms with Gasteiger partial charge in [0.15, 0.2) is 0 Å². The lowest BCUT2D eigenvalue weighted by molar-refractivity contribution is -0.142. The second-order valence-electron chi connectivity index (χ2n) is 8.33. The van der Waals surface area contributed by atoms with Gasteiger partial charge in [-0.05, 0) is 61.7 Å². The van der Waals surface area contributed by atoms with Crippen molar-refractivity contribution in [1.82, 2.24) is 4.57 Å². The third-order valence-corrected chi connectivity index (χ3v) is 7.55. The van der Waals surface area contributed by atoms with Gasteiger partial charge in [0.1, 0.15) is 16.7 Å². The van der Waals surface area contributed by atoms with Crippen molar-refractivity contribution in [2.24, 2.45) is 0 Å². The smallest absolute Gasteiger partial charge is 0.313 e. The Morgan fingerprint density at radius 1 is 1.26 bits per heavy atom. The Labute approximate surface area is 193 Å². The number of hydrogen-bond acceptors (Lipinski definition) is 5. The van der Waals surface area contributed by atoms with E-state index in [4.69, 9.17) is 4.74 Å². The summed E-state index contributed by atoms with van der Waals surface area (Å²) in [6.45, 7) is 8.73. The van der Waals surface area contributed by atoms with Gasteiger partial charge in [-0.3, -0.25) is 14.2 Å². The number of aromatic nitrogens is 1. The zero-order valence-corrected chi connectivity index (χ0v) is 20.5. The van der Waals surface area contributed by atoms with Crippen molar-refractivity contribution in [3.8, 4) is 5.75 Å². The summed E-state index contributed by atoms with van der Waals surface area (Å²) in [6, 6.07) is 9.60. The number of thiophene rings is 1. The Balaban J connectivity index is 2.32. The minimum Gasteiger partial charge on any atom is -0.507 e. The fourth-order valence-corrected chi connectivity index (χ4v) is 5.32. The van der Waals surface area contributed by atoms with Gasteiger partial charge in [0, 0.05) is 0 Å². The van der Waals surface area contributed by atoms with E-state index in [1.54, 1.807) is 0 Å². The first-order chi connectivity index (χ1) is 14.5. The summed E-state index contributed by atoms with van der Waals surface area (Å²) in [4.78, 5) is 26.1. The van der Waals surface area contributed by atoms with Crippen LogP contribution in [0.15, 0.2) is 38.9 Å². The van der Waals surface area contributed by atoms with E-state index in [9.17, 15) is 19.8 Å². The van der Waals surface area contributed by atoms with Crippen molar-refractivity contribution in [1.29, 1.82) is 0 Å². The number of rotatable bonds is 7. The van der Waals surface area contributed by atoms with E-state index in [-0.39, 0.29) is 24.0 Å². The maximum atomic E-state index is 13.6. The molecule has 1 aromatic carbocycles. The number of ether oxygens (including phenoxy) is 1. The van der Waals surface area contributed by atoms with Gasteiger partial charge in [0.05, 0.1) is 32.8 Å². The fraction of sp³-hybridized carbons (Fsp3) is 0.391. The highest BCUT2D eigenvalue weighted by molar-refractivity contribution is 9.11. The van der Waals surface area contributed by atoms with Crippen LogP contribution in [0.3, 0.4) is 0 Å². The molecular formula is C23H26BrNO5S. The predicted molar refractivity (Wildman–Crippen MR) is 126 cm³/mol. The van der Waals surface area contributed by atoms with Gasteiger partial charge in [-0.15, -0.1) is 11.3 Å². The zero-order valence-electron chi connectivity index (χ0n) is 18.1. The van der Waals surface area contributed by atoms with Crippen molar-refractivity contribution < 1.29 is 19.7 Å². The predicted octanol–water partition coefficient (Wildman–Crippen LogP) is 5.37. The van der Waals surface area contributed by atoms with Crippen molar-refractivity contribution in [2.45, 2.75) is 58.8 Å². The minimum atomic E-state index is -1.57. The molecule has 0 saturated carbocycles. The number of halogens is 1. The lowest BCUT2D eigenvalue weighted by atomic mass is 9.84. The van der Waals surface area contributed by atoms with Crippen LogP contribution in [0.1, 0.15) is 50.5 Å². The van der Waals surface area contributed by atoms with Crippen LogP contribution in [-0.4, -0.2) is 26.9 Å². The second-order valence-corrected chi connectivity index (χ2v) is 10.7. The third kappa shape index (κ3) is 4.29. The third-order valence-electron chi connectivity index (χ3n) is 5.36. The standard InChI is InChI=1S/C23H26BrNO5S/c1-12(2)30-15(14-9-7-6-8-10-14)11-25-20(27)17(23(4,5)22(28)29)18(26)16-13(3)19(24)31-21(16)25/h6-10,12,15,26H,11H2,1-5H3,(H,28,29)/t15-/m0/s1. The van der Waals surface area contributed by atoms with E-state index in [0.29, 0.717) is 10.2 Å². The van der Waals surface area contributed by atoms with Gasteiger partial charge < -0.3 is 14.9 Å². The number of pyridine rings is 1. The maximum Gasteiger partial charge on any atom is 0.313 e. The maximum absolute atomic E-state index is 13.6. The fourth-order valence-electron chi connectivity index (χ4n) is 3.62. The molecule has 0 aliphatic carbocycles. The molecule has 0 spiro atoms. The summed E-state index contributed by atoms with van der Waals surface area (Å²) in [5.74, 6) is -1.46. The number of carbonyl (C=O) groups is 1. The molecule has 0 amide bonds. The molecule has 8 heteroatoms. The second kappa shape index (κ2) is 8.76. The Morgan fingerprint density at radius 3 is 2.42 bits per heavy atom. The van der Waals surface area contributed by atoms with Crippen LogP contribution in [0.5, 0.6) is 5.75 Å². The van der Waals surface area contributed by atoms with Crippen LogP contribution >= 0.6 is 27.3 Å². The quantitative estimate of drug-likeness (QED) is 0.448. The molecule has 2 aromatic heterocycles. The Bertz CT molecular complexity index is 1180. The van der Waals surface area contributed by atoms with Gasteiger partial charge >= 0.3 is 5.97 Å². The summed E-state index contributed by atoms with van der Waals surface area (Å²) in [6.07, 6.45) is -0.506. The molecule has 31 heavy (non-hydrogen) atoms. The van der Waals surface area contributed by atoms with Crippen LogP contribution < -0.4 is 5.56 Å². The highest BCUT2D eigenvalue weighted by Crippen LogP contribution is 2.43. The molecule has 0 aliphatic heterocycles. The van der Waals surface area contributed by atoms with Crippen LogP contribution in [0.4, 0.5) is 0 Å². The van der Waals surface area contributed by atoms with Gasteiger partial charge in [-0.25, -0.2) is 0 Å². The first-order valence-corrected chi connectivity index (χ1v) is 11.6. The van der Waals surface area contributed by atoms with E-state index in [2.05, 4.69) is 15.9 Å². The SMILES string of the molecule is Cc1c(Br)sc2c1c(O)c(C(C)(C)C(=O)O)c(=O)n2C[C@H](OC(C)C)c1ccccc1. The van der Waals surface area contributed by atoms with Crippen molar-refractivity contribution in [2.75, 3.05) is 0 Å². The Kier molecular flexibility index (Phi) is 6.64. The van der Waals surface area contributed by atoms with Crippen LogP contribution in [-0.2, 0) is 21.5 Å². The highest BCUT2D eigenvalue weighted by Gasteiger charge is 2.38. The molecule has 0 saturated heterocycles. The molecule has 0 fully saturated rings. The molecule has 0 aliphatic rings. The molecule has 2 heterocycles. The number of hydrogen-bond donors (Lipinski definition) is 2. The minimum absolute atomic E-state index is 0.0831. The van der Waals surface area contributed by atoms with Gasteiger partial charge in [-0.2, -0.15) is 0 Å². The highest BCUT2D eigenvalue weighted by atomic mass is 79.9. The average molecular weight is 508 g/mol. The summed E-state index contributed by atoms with van der Waals surface area (Å²) in [5.41, 5.74) is -0.554. The number of benzene rings is 1. The molecular weight excluding hydrogens is 482 g/mol. The van der Waals surface area contributed by atoms with E-state index >= 15 is 0 Å². The van der Waals surface area contributed by atoms with Gasteiger partial charge in [-0.1, -0.05) is 30.3 Å². The lowest BCUT2D eigenvalue weighted by Gasteiger charge is -2.25. The normalized spacial score (nSPS) is 13.1. The Morgan fingerprint density at radius 2 is 1.87 bits per heavy atom. The number of nitrogens with zero attached hydrogens (tertiary/aromatic N) is 1. The molecule has 0 unspecified atom stereocenters. The van der Waals surface area contributed by atoms with Crippen LogP contribution in [0.25, 0.3) is 10.2 Å². The van der Waals surface area contributed by atoms with Gasteiger partial charge in [0.25, 0.3) is 5.56 Å². The van der Waals surface area contributed by atoms with Gasteiger partial charge in [0.2, 0.25) is 0 Å². The molecule has 166 valence electrons. The number of fused-ring (bicyclic) bond motifs is 1. The molecule has 6 nitrogen and oxygen atoms in total. The Hall–Kier alpha value is -2.16. The molecule has 0 bridgehead atoms. The zero-order chi connectivity index (χ0) is 23.1. The first-order valence-electron chi connectivity index (χ1n) is 9.95. The van der Waals surface area contributed by atoms with E-state index in [1.165, 1.54) is 29.8 Å². The van der Waals surface area contributed by atoms with E-state index in [1.807, 2.05) is 51.1 Å². The lowest BCUT2D eigenvalue weighted by Crippen LogP contribution is -2.38. The largest absolute Gasteiger partial charge is 0.507 e. The number of aromatic hydroxyl groups is 1. The number of carboxylic acid groups (broad SMARTS) is 1. The summed E-state index contributed by atoms with van der Waals surface area (Å²) < 4.78 is 8.45. The molecule has 2 N–H and O–H groups in total. The summed E-state index contributed by atoms with van der Waals surface area (Å²) in [5, 5.41) is 21.3. The van der Waals surface area contributed by atoms with Crippen molar-refractivity contribution >= 4 is 43.5 Å². The van der Waals surface area contributed by atoms with Crippen LogP contribution in [0, 0.1) is 6.92 Å².